The molecule has 1 aromatic heterocycles. The van der Waals surface area contributed by atoms with Crippen molar-refractivity contribution in [3.8, 4) is 0 Å². The van der Waals surface area contributed by atoms with Crippen LogP contribution in [0.2, 0.25) is 5.02 Å². The van der Waals surface area contributed by atoms with Crippen LogP contribution in [-0.2, 0) is 21.4 Å². The largest absolute Gasteiger partial charge is 0.468 e. The van der Waals surface area contributed by atoms with E-state index in [1.165, 1.54) is 22.5 Å². The summed E-state index contributed by atoms with van der Waals surface area (Å²) in [5.41, 5.74) is 0.306. The van der Waals surface area contributed by atoms with Crippen LogP contribution in [0.4, 0.5) is 5.69 Å². The molecule has 2 aromatic rings. The van der Waals surface area contributed by atoms with Crippen molar-refractivity contribution in [3.05, 3.63) is 47.4 Å². The van der Waals surface area contributed by atoms with Crippen molar-refractivity contribution >= 4 is 33.2 Å². The first-order valence-electron chi connectivity index (χ1n) is 9.17. The van der Waals surface area contributed by atoms with Gasteiger partial charge >= 0.3 is 0 Å². The van der Waals surface area contributed by atoms with Gasteiger partial charge in [-0.1, -0.05) is 11.6 Å². The fraction of sp³-hybridized carbons (Fsp3) is 0.421. The van der Waals surface area contributed by atoms with Crippen LogP contribution in [0.5, 0.6) is 0 Å². The Bertz CT molecular complexity index is 909. The molecule has 28 heavy (non-hydrogen) atoms. The highest BCUT2D eigenvalue weighted by Crippen LogP contribution is 2.28. The van der Waals surface area contributed by atoms with Gasteiger partial charge in [0.15, 0.2) is 0 Å². The molecule has 1 fully saturated rings. The fourth-order valence-electron chi connectivity index (χ4n) is 3.09. The van der Waals surface area contributed by atoms with Crippen LogP contribution in [0.1, 0.15) is 25.0 Å². The molecule has 1 saturated heterocycles. The first-order chi connectivity index (χ1) is 13.4. The zero-order valence-corrected chi connectivity index (χ0v) is 17.3. The maximum atomic E-state index is 12.7. The molecule has 152 valence electrons. The summed E-state index contributed by atoms with van der Waals surface area (Å²) in [6.07, 6.45) is 3.58. The van der Waals surface area contributed by atoms with Gasteiger partial charge in [0.05, 0.1) is 28.4 Å². The topological polar surface area (TPSA) is 82.9 Å². The number of hydrogen-bond acceptors (Lipinski definition) is 5. The monoisotopic (exact) mass is 425 g/mol. The number of nitrogens with one attached hydrogen (secondary N) is 1. The normalized spacial score (nSPS) is 15.2. The molecule has 1 N–H and O–H groups in total. The van der Waals surface area contributed by atoms with Gasteiger partial charge in [-0.15, -0.1) is 0 Å². The number of carbonyl (C=O) groups excluding carboxylic acids is 1. The van der Waals surface area contributed by atoms with Crippen molar-refractivity contribution in [1.82, 2.24) is 9.21 Å². The fourth-order valence-corrected chi connectivity index (χ4v) is 4.80. The van der Waals surface area contributed by atoms with Gasteiger partial charge in [0.1, 0.15) is 5.76 Å². The van der Waals surface area contributed by atoms with Gasteiger partial charge in [0, 0.05) is 26.1 Å². The Morgan fingerprint density at radius 3 is 2.71 bits per heavy atom. The molecule has 0 aliphatic carbocycles. The van der Waals surface area contributed by atoms with E-state index in [4.69, 9.17) is 16.0 Å². The van der Waals surface area contributed by atoms with Gasteiger partial charge in [0.25, 0.3) is 0 Å². The van der Waals surface area contributed by atoms with E-state index < -0.39 is 10.0 Å². The van der Waals surface area contributed by atoms with E-state index >= 15 is 0 Å². The summed E-state index contributed by atoms with van der Waals surface area (Å²) in [5.74, 6) is 0.592. The maximum absolute atomic E-state index is 12.7. The van der Waals surface area contributed by atoms with Gasteiger partial charge < -0.3 is 9.73 Å². The third kappa shape index (κ3) is 5.14. The van der Waals surface area contributed by atoms with Crippen LogP contribution in [0.25, 0.3) is 0 Å². The van der Waals surface area contributed by atoms with Crippen LogP contribution < -0.4 is 5.32 Å². The minimum Gasteiger partial charge on any atom is -0.468 e. The first kappa shape index (κ1) is 20.9. The van der Waals surface area contributed by atoms with E-state index in [1.54, 1.807) is 6.26 Å². The number of hydrogen-bond donors (Lipinski definition) is 1. The Morgan fingerprint density at radius 2 is 2.04 bits per heavy atom. The van der Waals surface area contributed by atoms with Crippen LogP contribution in [0, 0.1) is 0 Å². The van der Waals surface area contributed by atoms with Gasteiger partial charge in [-0.05, 0) is 50.2 Å². The number of carbonyl (C=O) groups is 1. The average molecular weight is 426 g/mol. The number of benzene rings is 1. The second-order valence-electron chi connectivity index (χ2n) is 6.87. The highest BCUT2D eigenvalue weighted by molar-refractivity contribution is 7.89. The van der Waals surface area contributed by atoms with Gasteiger partial charge in [-0.3, -0.25) is 9.69 Å². The zero-order chi connectivity index (χ0) is 20.1. The smallest absolute Gasteiger partial charge is 0.243 e. The third-order valence-corrected chi connectivity index (χ3v) is 6.87. The molecule has 3 rings (SSSR count). The molecule has 0 unspecified atom stereocenters. The number of rotatable bonds is 8. The molecule has 9 heteroatoms. The predicted molar refractivity (Wildman–Crippen MR) is 108 cm³/mol. The molecule has 0 spiro atoms. The quantitative estimate of drug-likeness (QED) is 0.702. The number of nitrogens with zero attached hydrogens (tertiary/aromatic N) is 2. The molecule has 0 saturated carbocycles. The summed E-state index contributed by atoms with van der Waals surface area (Å²) in [6, 6.07) is 8.11. The van der Waals surface area contributed by atoms with Crippen LogP contribution in [0.3, 0.4) is 0 Å². The number of furan rings is 1. The third-order valence-electron chi connectivity index (χ3n) is 4.64. The standard InChI is InChI=1S/C19H24ClN3O4S/c1-22(14-15-5-4-12-27-15)11-8-19(24)21-18-13-16(6-7-17(18)20)28(25,26)23-9-2-3-10-23/h4-7,12-13H,2-3,8-11,14H2,1H3,(H,21,24). The van der Waals surface area contributed by atoms with Gasteiger partial charge in [-0.2, -0.15) is 4.31 Å². The average Bonchev–Trinajstić information content (AvgIpc) is 3.35. The summed E-state index contributed by atoms with van der Waals surface area (Å²) in [6.45, 7) is 2.17. The lowest BCUT2D eigenvalue weighted by molar-refractivity contribution is -0.116. The highest BCUT2D eigenvalue weighted by Gasteiger charge is 2.27. The molecule has 1 aliphatic heterocycles. The molecule has 2 heterocycles. The number of sulfonamides is 1. The lowest BCUT2D eigenvalue weighted by Gasteiger charge is -2.17. The molecule has 1 amide bonds. The van der Waals surface area contributed by atoms with Crippen molar-refractivity contribution in [3.63, 3.8) is 0 Å². The van der Waals surface area contributed by atoms with E-state index in [-0.39, 0.29) is 17.2 Å². The molecular weight excluding hydrogens is 402 g/mol. The Kier molecular flexibility index (Phi) is 6.77. The summed E-state index contributed by atoms with van der Waals surface area (Å²) < 4.78 is 32.2. The Balaban J connectivity index is 1.60. The zero-order valence-electron chi connectivity index (χ0n) is 15.7. The molecule has 0 bridgehead atoms. The molecular formula is C19H24ClN3O4S. The Morgan fingerprint density at radius 1 is 1.29 bits per heavy atom. The second kappa shape index (κ2) is 9.09. The second-order valence-corrected chi connectivity index (χ2v) is 9.21. The van der Waals surface area contributed by atoms with Crippen LogP contribution >= 0.6 is 11.6 Å². The first-order valence-corrected chi connectivity index (χ1v) is 11.0. The number of halogens is 1. The summed E-state index contributed by atoms with van der Waals surface area (Å²) in [5, 5.41) is 3.03. The summed E-state index contributed by atoms with van der Waals surface area (Å²) in [7, 11) is -1.67. The van der Waals surface area contributed by atoms with Crippen molar-refractivity contribution in [2.75, 3.05) is 32.0 Å². The predicted octanol–water partition coefficient (Wildman–Crippen LogP) is 3.18. The highest BCUT2D eigenvalue weighted by atomic mass is 35.5. The van der Waals surface area contributed by atoms with Crippen LogP contribution in [0.15, 0.2) is 45.9 Å². The van der Waals surface area contributed by atoms with E-state index in [0.29, 0.717) is 36.9 Å². The number of anilines is 1. The Hall–Kier alpha value is -1.87. The molecule has 7 nitrogen and oxygen atoms in total. The minimum atomic E-state index is -3.56. The molecule has 1 aliphatic rings. The SMILES string of the molecule is CN(CCC(=O)Nc1cc(S(=O)(=O)N2CCCC2)ccc1Cl)Cc1ccco1. The molecule has 0 atom stereocenters. The van der Waals surface area contributed by atoms with E-state index in [1.807, 2.05) is 24.1 Å². The van der Waals surface area contributed by atoms with Gasteiger partial charge in [-0.25, -0.2) is 8.42 Å². The van der Waals surface area contributed by atoms with Crippen molar-refractivity contribution in [2.24, 2.45) is 0 Å². The van der Waals surface area contributed by atoms with E-state index in [2.05, 4.69) is 5.32 Å². The minimum absolute atomic E-state index is 0.143. The molecule has 0 radical (unpaired) electrons. The summed E-state index contributed by atoms with van der Waals surface area (Å²) in [4.78, 5) is 14.4. The van der Waals surface area contributed by atoms with Crippen LogP contribution in [-0.4, -0.2) is 50.2 Å². The van der Waals surface area contributed by atoms with E-state index in [0.717, 1.165) is 18.6 Å². The maximum Gasteiger partial charge on any atom is 0.243 e. The van der Waals surface area contributed by atoms with Crippen molar-refractivity contribution in [1.29, 1.82) is 0 Å². The number of amides is 1. The summed E-state index contributed by atoms with van der Waals surface area (Å²) >= 11 is 6.16. The van der Waals surface area contributed by atoms with E-state index in [9.17, 15) is 13.2 Å². The van der Waals surface area contributed by atoms with Crippen molar-refractivity contribution in [2.45, 2.75) is 30.7 Å². The lowest BCUT2D eigenvalue weighted by atomic mass is 10.3. The van der Waals surface area contributed by atoms with Crippen molar-refractivity contribution < 1.29 is 17.6 Å². The lowest BCUT2D eigenvalue weighted by Crippen LogP contribution is -2.28. The Labute approximate surface area is 170 Å². The molecule has 1 aromatic carbocycles. The van der Waals surface area contributed by atoms with Gasteiger partial charge in [0.2, 0.25) is 15.9 Å².